The highest BCUT2D eigenvalue weighted by molar-refractivity contribution is 7.89. The van der Waals surface area contributed by atoms with Crippen LogP contribution < -0.4 is 9.46 Å². The third-order valence-electron chi connectivity index (χ3n) is 3.52. The predicted octanol–water partition coefficient (Wildman–Crippen LogP) is 3.69. The van der Waals surface area contributed by atoms with Crippen LogP contribution in [-0.2, 0) is 16.6 Å². The van der Waals surface area contributed by atoms with E-state index in [1.54, 1.807) is 41.8 Å². The molecule has 1 aromatic heterocycles. The monoisotopic (exact) mass is 374 g/mol. The maximum atomic E-state index is 12.4. The minimum atomic E-state index is -3.58. The molecule has 25 heavy (non-hydrogen) atoms. The number of nitrogens with zero attached hydrogens (tertiary/aromatic N) is 1. The van der Waals surface area contributed by atoms with Crippen LogP contribution >= 0.6 is 11.3 Å². The summed E-state index contributed by atoms with van der Waals surface area (Å²) < 4.78 is 32.8. The van der Waals surface area contributed by atoms with Gasteiger partial charge in [0.15, 0.2) is 0 Å². The van der Waals surface area contributed by atoms with Crippen molar-refractivity contribution in [2.75, 3.05) is 6.61 Å². The fourth-order valence-electron chi connectivity index (χ4n) is 2.32. The van der Waals surface area contributed by atoms with E-state index in [0.29, 0.717) is 12.4 Å². The highest BCUT2D eigenvalue weighted by atomic mass is 32.2. The zero-order valence-corrected chi connectivity index (χ0v) is 15.3. The van der Waals surface area contributed by atoms with Crippen LogP contribution in [0.4, 0.5) is 0 Å². The van der Waals surface area contributed by atoms with Gasteiger partial charge < -0.3 is 4.74 Å². The molecule has 3 rings (SSSR count). The molecule has 0 aliphatic heterocycles. The van der Waals surface area contributed by atoms with Crippen molar-refractivity contribution in [2.24, 2.45) is 0 Å². The molecule has 0 spiro atoms. The van der Waals surface area contributed by atoms with Gasteiger partial charge in [-0.25, -0.2) is 18.1 Å². The van der Waals surface area contributed by atoms with Crippen LogP contribution in [0, 0.1) is 0 Å². The molecular formula is C18H18N2O3S2. The lowest BCUT2D eigenvalue weighted by Crippen LogP contribution is -2.23. The van der Waals surface area contributed by atoms with Crippen molar-refractivity contribution in [2.45, 2.75) is 18.4 Å². The van der Waals surface area contributed by atoms with E-state index in [1.165, 1.54) is 0 Å². The van der Waals surface area contributed by atoms with Gasteiger partial charge in [0.2, 0.25) is 10.0 Å². The van der Waals surface area contributed by atoms with E-state index < -0.39 is 10.0 Å². The Bertz CT molecular complexity index is 921. The first-order chi connectivity index (χ1) is 12.1. The Hall–Kier alpha value is -2.22. The van der Waals surface area contributed by atoms with E-state index in [4.69, 9.17) is 4.74 Å². The van der Waals surface area contributed by atoms with Crippen molar-refractivity contribution in [1.82, 2.24) is 9.71 Å². The maximum Gasteiger partial charge on any atom is 0.240 e. The van der Waals surface area contributed by atoms with Gasteiger partial charge >= 0.3 is 0 Å². The molecule has 0 amide bonds. The second-order valence-corrected chi connectivity index (χ2v) is 7.93. The van der Waals surface area contributed by atoms with E-state index in [9.17, 15) is 8.42 Å². The molecule has 1 heterocycles. The van der Waals surface area contributed by atoms with Crippen molar-refractivity contribution in [3.05, 3.63) is 65.7 Å². The van der Waals surface area contributed by atoms with Crippen molar-refractivity contribution in [1.29, 1.82) is 0 Å². The largest absolute Gasteiger partial charge is 0.494 e. The highest BCUT2D eigenvalue weighted by Gasteiger charge is 2.14. The first kappa shape index (κ1) is 17.6. The Labute approximate surface area is 151 Å². The molecule has 0 atom stereocenters. The Morgan fingerprint density at radius 1 is 1.16 bits per heavy atom. The molecule has 0 aliphatic rings. The zero-order valence-electron chi connectivity index (χ0n) is 13.7. The quantitative estimate of drug-likeness (QED) is 0.685. The van der Waals surface area contributed by atoms with Crippen LogP contribution in [0.2, 0.25) is 0 Å². The molecule has 7 heteroatoms. The Morgan fingerprint density at radius 2 is 1.96 bits per heavy atom. The lowest BCUT2D eigenvalue weighted by Gasteiger charge is -2.09. The number of rotatable bonds is 7. The zero-order chi connectivity index (χ0) is 17.7. The number of hydrogen-bond donors (Lipinski definition) is 1. The van der Waals surface area contributed by atoms with Gasteiger partial charge in [-0.1, -0.05) is 18.2 Å². The molecule has 0 saturated heterocycles. The van der Waals surface area contributed by atoms with Crippen LogP contribution in [0.25, 0.3) is 10.6 Å². The second-order valence-electron chi connectivity index (χ2n) is 5.27. The van der Waals surface area contributed by atoms with Gasteiger partial charge in [-0.2, -0.15) is 0 Å². The molecule has 0 fully saturated rings. The van der Waals surface area contributed by atoms with Crippen LogP contribution in [0.1, 0.15) is 12.5 Å². The van der Waals surface area contributed by atoms with Gasteiger partial charge in [-0.05, 0) is 42.8 Å². The molecule has 0 aliphatic carbocycles. The molecule has 0 unspecified atom stereocenters. The molecule has 5 nitrogen and oxygen atoms in total. The third kappa shape index (κ3) is 4.45. The summed E-state index contributed by atoms with van der Waals surface area (Å²) in [6, 6.07) is 14.1. The summed E-state index contributed by atoms with van der Waals surface area (Å²) >= 11 is 1.55. The maximum absolute atomic E-state index is 12.4. The topological polar surface area (TPSA) is 68.3 Å². The number of ether oxygens (including phenoxy) is 1. The summed E-state index contributed by atoms with van der Waals surface area (Å²) in [6.07, 6.45) is 1.75. The molecule has 1 N–H and O–H groups in total. The van der Waals surface area contributed by atoms with E-state index in [0.717, 1.165) is 16.1 Å². The number of hydrogen-bond acceptors (Lipinski definition) is 5. The smallest absolute Gasteiger partial charge is 0.240 e. The Balaban J connectivity index is 1.71. The molecule has 3 aromatic rings. The average Bonchev–Trinajstić information content (AvgIpc) is 3.16. The fourth-order valence-corrected chi connectivity index (χ4v) is 3.98. The number of thiazole rings is 1. The Morgan fingerprint density at radius 3 is 2.64 bits per heavy atom. The summed E-state index contributed by atoms with van der Waals surface area (Å²) in [7, 11) is -3.58. The SMILES string of the molecule is CCOc1ccc(S(=O)(=O)NCc2cccc(-c3nccs3)c2)cc1. The van der Waals surface area contributed by atoms with Crippen molar-refractivity contribution < 1.29 is 13.2 Å². The summed E-state index contributed by atoms with van der Waals surface area (Å²) in [5, 5.41) is 2.83. The lowest BCUT2D eigenvalue weighted by atomic mass is 10.1. The predicted molar refractivity (Wildman–Crippen MR) is 99.2 cm³/mol. The number of sulfonamides is 1. The van der Waals surface area contributed by atoms with Gasteiger partial charge in [0.1, 0.15) is 10.8 Å². The number of nitrogens with one attached hydrogen (secondary N) is 1. The normalized spacial score (nSPS) is 11.4. The highest BCUT2D eigenvalue weighted by Crippen LogP contribution is 2.23. The summed E-state index contributed by atoms with van der Waals surface area (Å²) in [4.78, 5) is 4.49. The van der Waals surface area contributed by atoms with Crippen molar-refractivity contribution in [3.63, 3.8) is 0 Å². The van der Waals surface area contributed by atoms with Crippen LogP contribution in [0.5, 0.6) is 5.75 Å². The standard InChI is InChI=1S/C18H18N2O3S2/c1-2-23-16-6-8-17(9-7-16)25(21,22)20-13-14-4-3-5-15(12-14)18-19-10-11-24-18/h3-12,20H,2,13H2,1H3. The van der Waals surface area contributed by atoms with E-state index in [-0.39, 0.29) is 11.4 Å². The van der Waals surface area contributed by atoms with Gasteiger partial charge in [0, 0.05) is 23.7 Å². The molecule has 2 aromatic carbocycles. The lowest BCUT2D eigenvalue weighted by molar-refractivity contribution is 0.340. The fraction of sp³-hybridized carbons (Fsp3) is 0.167. The van der Waals surface area contributed by atoms with Crippen LogP contribution in [0.3, 0.4) is 0 Å². The van der Waals surface area contributed by atoms with E-state index in [1.807, 2.05) is 36.6 Å². The molecule has 0 bridgehead atoms. The van der Waals surface area contributed by atoms with Crippen molar-refractivity contribution >= 4 is 21.4 Å². The first-order valence-electron chi connectivity index (χ1n) is 7.80. The molecule has 0 radical (unpaired) electrons. The molecular weight excluding hydrogens is 356 g/mol. The second kappa shape index (κ2) is 7.77. The minimum absolute atomic E-state index is 0.215. The van der Waals surface area contributed by atoms with Gasteiger partial charge in [-0.15, -0.1) is 11.3 Å². The first-order valence-corrected chi connectivity index (χ1v) is 10.2. The van der Waals surface area contributed by atoms with Gasteiger partial charge in [-0.3, -0.25) is 0 Å². The number of benzene rings is 2. The van der Waals surface area contributed by atoms with E-state index >= 15 is 0 Å². The van der Waals surface area contributed by atoms with Crippen LogP contribution in [0.15, 0.2) is 65.0 Å². The molecule has 0 saturated carbocycles. The van der Waals surface area contributed by atoms with Crippen LogP contribution in [-0.4, -0.2) is 20.0 Å². The van der Waals surface area contributed by atoms with Gasteiger partial charge in [0.05, 0.1) is 11.5 Å². The van der Waals surface area contributed by atoms with E-state index in [2.05, 4.69) is 9.71 Å². The Kier molecular flexibility index (Phi) is 5.47. The van der Waals surface area contributed by atoms with Crippen molar-refractivity contribution in [3.8, 4) is 16.3 Å². The van der Waals surface area contributed by atoms with Gasteiger partial charge in [0.25, 0.3) is 0 Å². The number of aromatic nitrogens is 1. The summed E-state index contributed by atoms with van der Waals surface area (Å²) in [5.41, 5.74) is 1.86. The third-order valence-corrected chi connectivity index (χ3v) is 5.76. The summed E-state index contributed by atoms with van der Waals surface area (Å²) in [5.74, 6) is 0.651. The molecule has 130 valence electrons. The average molecular weight is 374 g/mol. The summed E-state index contributed by atoms with van der Waals surface area (Å²) in [6.45, 7) is 2.64. The minimum Gasteiger partial charge on any atom is -0.494 e.